The highest BCUT2D eigenvalue weighted by atomic mass is 16.5. The van der Waals surface area contributed by atoms with Crippen molar-refractivity contribution in [1.82, 2.24) is 9.97 Å². The van der Waals surface area contributed by atoms with Crippen molar-refractivity contribution in [3.05, 3.63) is 77.1 Å². The molecule has 3 aromatic rings. The zero-order valence-corrected chi connectivity index (χ0v) is 16.3. The molecule has 0 amide bonds. The predicted octanol–water partition coefficient (Wildman–Crippen LogP) is 4.63. The summed E-state index contributed by atoms with van der Waals surface area (Å²) in [5.41, 5.74) is 3.51. The van der Waals surface area contributed by atoms with Crippen LogP contribution >= 0.6 is 0 Å². The van der Waals surface area contributed by atoms with E-state index in [1.54, 1.807) is 19.1 Å². The number of ether oxygens (including phenoxy) is 1. The van der Waals surface area contributed by atoms with Crippen molar-refractivity contribution in [3.8, 4) is 0 Å². The van der Waals surface area contributed by atoms with Crippen LogP contribution in [0.25, 0.3) is 0 Å². The van der Waals surface area contributed by atoms with Gasteiger partial charge in [-0.1, -0.05) is 42.0 Å². The molecule has 144 valence electrons. The van der Waals surface area contributed by atoms with E-state index in [0.717, 1.165) is 0 Å². The molecule has 6 heteroatoms. The van der Waals surface area contributed by atoms with Gasteiger partial charge in [0.25, 0.3) is 0 Å². The number of carbonyl (C=O) groups is 1. The minimum absolute atomic E-state index is 0.326. The van der Waals surface area contributed by atoms with Crippen LogP contribution in [0.2, 0.25) is 0 Å². The molecule has 0 aliphatic carbocycles. The average Bonchev–Trinajstić information content (AvgIpc) is 2.67. The molecule has 0 spiro atoms. The molecular weight excluding hydrogens is 352 g/mol. The Bertz CT molecular complexity index is 972. The van der Waals surface area contributed by atoms with Crippen molar-refractivity contribution in [1.29, 1.82) is 0 Å². The number of nitrogens with one attached hydrogen (secondary N) is 2. The van der Waals surface area contributed by atoms with E-state index < -0.39 is 0 Å². The van der Waals surface area contributed by atoms with E-state index in [1.165, 1.54) is 11.1 Å². The summed E-state index contributed by atoms with van der Waals surface area (Å²) in [5, 5.41) is 6.54. The number of hydrogen-bond acceptors (Lipinski definition) is 6. The maximum atomic E-state index is 12.2. The summed E-state index contributed by atoms with van der Waals surface area (Å²) in [4.78, 5) is 21.0. The Labute approximate surface area is 165 Å². The van der Waals surface area contributed by atoms with Crippen LogP contribution in [0.3, 0.4) is 0 Å². The van der Waals surface area contributed by atoms with Crippen molar-refractivity contribution < 1.29 is 9.53 Å². The van der Waals surface area contributed by atoms with Gasteiger partial charge in [-0.2, -0.15) is 0 Å². The highest BCUT2D eigenvalue weighted by molar-refractivity contribution is 5.96. The molecule has 0 saturated heterocycles. The molecule has 28 heavy (non-hydrogen) atoms. The molecular formula is C22H24N4O2. The molecule has 1 heterocycles. The number of hydrogen-bond donors (Lipinski definition) is 2. The van der Waals surface area contributed by atoms with E-state index in [0.29, 0.717) is 41.9 Å². The topological polar surface area (TPSA) is 76.1 Å². The summed E-state index contributed by atoms with van der Waals surface area (Å²) in [6.45, 7) is 6.68. The van der Waals surface area contributed by atoms with Crippen molar-refractivity contribution in [2.45, 2.75) is 27.3 Å². The van der Waals surface area contributed by atoms with E-state index in [9.17, 15) is 4.79 Å². The van der Waals surface area contributed by atoms with Crippen LogP contribution < -0.4 is 10.6 Å². The van der Waals surface area contributed by atoms with Gasteiger partial charge >= 0.3 is 5.97 Å². The fourth-order valence-electron chi connectivity index (χ4n) is 2.85. The van der Waals surface area contributed by atoms with Gasteiger partial charge in [-0.05, 0) is 38.5 Å². The van der Waals surface area contributed by atoms with Gasteiger partial charge in [0.15, 0.2) is 0 Å². The Hall–Kier alpha value is -3.41. The van der Waals surface area contributed by atoms with Crippen LogP contribution in [0.1, 0.15) is 34.2 Å². The second-order valence-corrected chi connectivity index (χ2v) is 6.42. The SMILES string of the molecule is CCOC(=O)c1ccccc1Nc1cc(NCc2cccc(C)c2)nc(C)n1. The van der Waals surface area contributed by atoms with Crippen LogP contribution in [-0.2, 0) is 11.3 Å². The molecule has 0 atom stereocenters. The summed E-state index contributed by atoms with van der Waals surface area (Å²) in [7, 11) is 0. The fraction of sp³-hybridized carbons (Fsp3) is 0.227. The fourth-order valence-corrected chi connectivity index (χ4v) is 2.85. The van der Waals surface area contributed by atoms with Gasteiger partial charge in [-0.25, -0.2) is 14.8 Å². The summed E-state index contributed by atoms with van der Waals surface area (Å²) in [6, 6.07) is 17.4. The highest BCUT2D eigenvalue weighted by Gasteiger charge is 2.13. The van der Waals surface area contributed by atoms with Crippen LogP contribution in [0.5, 0.6) is 0 Å². The largest absolute Gasteiger partial charge is 0.462 e. The van der Waals surface area contributed by atoms with Crippen molar-refractivity contribution in [3.63, 3.8) is 0 Å². The lowest BCUT2D eigenvalue weighted by Gasteiger charge is -2.13. The average molecular weight is 376 g/mol. The van der Waals surface area contributed by atoms with Crippen molar-refractivity contribution in [2.75, 3.05) is 17.2 Å². The third kappa shape index (κ3) is 5.07. The second-order valence-electron chi connectivity index (χ2n) is 6.42. The van der Waals surface area contributed by atoms with Gasteiger partial charge in [0.05, 0.1) is 17.9 Å². The summed E-state index contributed by atoms with van der Waals surface area (Å²) < 4.78 is 5.13. The number of aryl methyl sites for hydroxylation is 2. The molecule has 0 saturated carbocycles. The zero-order valence-electron chi connectivity index (χ0n) is 16.3. The molecule has 0 unspecified atom stereocenters. The summed E-state index contributed by atoms with van der Waals surface area (Å²) in [5.74, 6) is 1.58. The Kier molecular flexibility index (Phi) is 6.22. The first-order valence-corrected chi connectivity index (χ1v) is 9.23. The molecule has 2 aromatic carbocycles. The molecule has 1 aromatic heterocycles. The maximum Gasteiger partial charge on any atom is 0.340 e. The van der Waals surface area contributed by atoms with E-state index in [1.807, 2.05) is 31.2 Å². The first-order chi connectivity index (χ1) is 13.5. The number of esters is 1. The molecule has 3 rings (SSSR count). The van der Waals surface area contributed by atoms with Crippen LogP contribution in [0.4, 0.5) is 17.3 Å². The number of rotatable bonds is 7. The molecule has 0 bridgehead atoms. The Morgan fingerprint density at radius 3 is 2.57 bits per heavy atom. The van der Waals surface area contributed by atoms with Crippen LogP contribution in [0.15, 0.2) is 54.6 Å². The zero-order chi connectivity index (χ0) is 19.9. The first kappa shape index (κ1) is 19.4. The standard InChI is InChI=1S/C22H24N4O2/c1-4-28-22(27)18-10-5-6-11-19(18)26-21-13-20(24-16(3)25-21)23-14-17-9-7-8-15(2)12-17/h5-13H,4,14H2,1-3H3,(H2,23,24,25,26). The minimum atomic E-state index is -0.367. The number of nitrogens with zero attached hydrogens (tertiary/aromatic N) is 2. The van der Waals surface area contributed by atoms with Crippen molar-refractivity contribution in [2.24, 2.45) is 0 Å². The second kappa shape index (κ2) is 8.99. The Morgan fingerprint density at radius 2 is 1.79 bits per heavy atom. The smallest absolute Gasteiger partial charge is 0.340 e. The third-order valence-electron chi connectivity index (χ3n) is 4.08. The minimum Gasteiger partial charge on any atom is -0.462 e. The molecule has 0 aliphatic heterocycles. The maximum absolute atomic E-state index is 12.2. The van der Waals surface area contributed by atoms with E-state index in [-0.39, 0.29) is 5.97 Å². The normalized spacial score (nSPS) is 10.4. The van der Waals surface area contributed by atoms with Crippen LogP contribution in [0, 0.1) is 13.8 Å². The van der Waals surface area contributed by atoms with Gasteiger partial charge in [-0.3, -0.25) is 0 Å². The van der Waals surface area contributed by atoms with Gasteiger partial charge in [0.1, 0.15) is 17.5 Å². The van der Waals surface area contributed by atoms with E-state index >= 15 is 0 Å². The molecule has 2 N–H and O–H groups in total. The lowest BCUT2D eigenvalue weighted by Crippen LogP contribution is -2.09. The summed E-state index contributed by atoms with van der Waals surface area (Å²) >= 11 is 0. The monoisotopic (exact) mass is 376 g/mol. The number of para-hydroxylation sites is 1. The van der Waals surface area contributed by atoms with Gasteiger partial charge in [0, 0.05) is 12.6 Å². The number of anilines is 3. The quantitative estimate of drug-likeness (QED) is 0.586. The molecule has 0 fully saturated rings. The Morgan fingerprint density at radius 1 is 1.00 bits per heavy atom. The van der Waals surface area contributed by atoms with Gasteiger partial charge < -0.3 is 15.4 Å². The third-order valence-corrected chi connectivity index (χ3v) is 4.08. The number of benzene rings is 2. The molecule has 0 radical (unpaired) electrons. The molecule has 6 nitrogen and oxygen atoms in total. The number of carbonyl (C=O) groups excluding carboxylic acids is 1. The predicted molar refractivity (Wildman–Crippen MR) is 111 cm³/mol. The number of aromatic nitrogens is 2. The Balaban J connectivity index is 1.78. The van der Waals surface area contributed by atoms with Gasteiger partial charge in [-0.15, -0.1) is 0 Å². The lowest BCUT2D eigenvalue weighted by molar-refractivity contribution is 0.0527. The van der Waals surface area contributed by atoms with E-state index in [4.69, 9.17) is 4.74 Å². The molecule has 0 aliphatic rings. The highest BCUT2D eigenvalue weighted by Crippen LogP contribution is 2.22. The van der Waals surface area contributed by atoms with Crippen LogP contribution in [-0.4, -0.2) is 22.5 Å². The summed E-state index contributed by atoms with van der Waals surface area (Å²) in [6.07, 6.45) is 0. The van der Waals surface area contributed by atoms with Gasteiger partial charge in [0.2, 0.25) is 0 Å². The van der Waals surface area contributed by atoms with Crippen molar-refractivity contribution >= 4 is 23.3 Å². The first-order valence-electron chi connectivity index (χ1n) is 9.23. The lowest BCUT2D eigenvalue weighted by atomic mass is 10.1. The van der Waals surface area contributed by atoms with E-state index in [2.05, 4.69) is 45.7 Å².